The first-order valence-corrected chi connectivity index (χ1v) is 15.8. The van der Waals surface area contributed by atoms with Crippen molar-refractivity contribution in [3.8, 4) is 22.6 Å². The van der Waals surface area contributed by atoms with Gasteiger partial charge < -0.3 is 14.6 Å². The van der Waals surface area contributed by atoms with Crippen molar-refractivity contribution in [3.05, 3.63) is 76.7 Å². The minimum Gasteiger partial charge on any atom is -0.462 e. The number of pyridine rings is 1. The Hall–Kier alpha value is -4.02. The summed E-state index contributed by atoms with van der Waals surface area (Å²) in [5.74, 6) is 0.793. The number of hydrogen-bond acceptors (Lipinski definition) is 8. The molecule has 0 spiro atoms. The fraction of sp³-hybridized carbons (Fsp3) is 0.281. The molecule has 214 valence electrons. The summed E-state index contributed by atoms with van der Waals surface area (Å²) in [4.78, 5) is 32.0. The first kappa shape index (κ1) is 28.1. The van der Waals surface area contributed by atoms with Crippen LogP contribution < -0.4 is 5.32 Å². The molecular formula is C32H31N5O3S2. The summed E-state index contributed by atoms with van der Waals surface area (Å²) in [6, 6.07) is 20.1. The van der Waals surface area contributed by atoms with Crippen molar-refractivity contribution < 1.29 is 14.3 Å². The number of nitrogens with zero attached hydrogens (tertiary/aromatic N) is 4. The average molecular weight is 598 g/mol. The zero-order valence-corrected chi connectivity index (χ0v) is 25.3. The lowest BCUT2D eigenvalue weighted by Crippen LogP contribution is -2.18. The van der Waals surface area contributed by atoms with Gasteiger partial charge in [0, 0.05) is 28.4 Å². The van der Waals surface area contributed by atoms with E-state index in [0.29, 0.717) is 27.5 Å². The average Bonchev–Trinajstić information content (AvgIpc) is 3.54. The third-order valence-electron chi connectivity index (χ3n) is 7.44. The number of hydrogen-bond donors (Lipinski definition) is 1. The molecule has 8 nitrogen and oxygen atoms in total. The molecule has 0 fully saturated rings. The normalized spacial score (nSPS) is 14.5. The van der Waals surface area contributed by atoms with Gasteiger partial charge in [-0.25, -0.2) is 9.78 Å². The van der Waals surface area contributed by atoms with E-state index in [1.807, 2.05) is 72.3 Å². The van der Waals surface area contributed by atoms with E-state index in [1.165, 1.54) is 23.1 Å². The number of esters is 1. The summed E-state index contributed by atoms with van der Waals surface area (Å²) >= 11 is 2.80. The maximum atomic E-state index is 13.1. The predicted octanol–water partition coefficient (Wildman–Crippen LogP) is 6.79. The number of amides is 1. The Kier molecular flexibility index (Phi) is 8.08. The van der Waals surface area contributed by atoms with E-state index >= 15 is 0 Å². The van der Waals surface area contributed by atoms with Gasteiger partial charge in [0.2, 0.25) is 5.91 Å². The van der Waals surface area contributed by atoms with Crippen molar-refractivity contribution in [2.75, 3.05) is 17.7 Å². The van der Waals surface area contributed by atoms with Crippen molar-refractivity contribution in [3.63, 3.8) is 0 Å². The Balaban J connectivity index is 1.23. The van der Waals surface area contributed by atoms with Gasteiger partial charge in [-0.3, -0.25) is 4.79 Å². The van der Waals surface area contributed by atoms with E-state index in [0.717, 1.165) is 57.4 Å². The van der Waals surface area contributed by atoms with E-state index < -0.39 is 0 Å². The van der Waals surface area contributed by atoms with Crippen molar-refractivity contribution in [2.45, 2.75) is 38.3 Å². The maximum Gasteiger partial charge on any atom is 0.341 e. The van der Waals surface area contributed by atoms with Gasteiger partial charge in [0.1, 0.15) is 5.00 Å². The molecular weight excluding hydrogens is 567 g/mol. The quantitative estimate of drug-likeness (QED) is 0.155. The standard InChI is InChI=1S/C32H31N5O3S2/c1-4-40-31(39)28-22-15-14-19(2)16-26(22)42-30(28)34-27(38)18-41-32-36-35-29(37(32)3)23-17-25(20-10-6-5-7-11-20)33-24-13-9-8-12-21(23)24/h5-13,17,19H,4,14-16,18H2,1-3H3,(H,34,38). The Labute approximate surface area is 252 Å². The van der Waals surface area contributed by atoms with Gasteiger partial charge in [0.05, 0.1) is 29.1 Å². The van der Waals surface area contributed by atoms with Crippen LogP contribution >= 0.6 is 23.1 Å². The monoisotopic (exact) mass is 597 g/mol. The minimum absolute atomic E-state index is 0.125. The molecule has 42 heavy (non-hydrogen) atoms. The number of thiophene rings is 1. The van der Waals surface area contributed by atoms with E-state index in [1.54, 1.807) is 6.92 Å². The number of benzene rings is 2. The molecule has 3 heterocycles. The number of ether oxygens (including phenoxy) is 1. The summed E-state index contributed by atoms with van der Waals surface area (Å²) < 4.78 is 7.25. The zero-order chi connectivity index (χ0) is 29.2. The lowest BCUT2D eigenvalue weighted by molar-refractivity contribution is -0.113. The number of carbonyl (C=O) groups excluding carboxylic acids is 2. The fourth-order valence-electron chi connectivity index (χ4n) is 5.34. The highest BCUT2D eigenvalue weighted by Crippen LogP contribution is 2.40. The van der Waals surface area contributed by atoms with Crippen LogP contribution in [0.1, 0.15) is 41.1 Å². The van der Waals surface area contributed by atoms with Crippen LogP contribution in [0.5, 0.6) is 0 Å². The number of aromatic nitrogens is 4. The van der Waals surface area contributed by atoms with Gasteiger partial charge in [0.25, 0.3) is 0 Å². The minimum atomic E-state index is -0.370. The number of rotatable bonds is 8. The first-order chi connectivity index (χ1) is 20.4. The molecule has 0 bridgehead atoms. The molecule has 2 aromatic carbocycles. The van der Waals surface area contributed by atoms with Crippen molar-refractivity contribution in [2.24, 2.45) is 13.0 Å². The highest BCUT2D eigenvalue weighted by Gasteiger charge is 2.29. The van der Waals surface area contributed by atoms with Crippen LogP contribution in [0.4, 0.5) is 5.00 Å². The third kappa shape index (κ3) is 5.56. The van der Waals surface area contributed by atoms with E-state index in [2.05, 4.69) is 22.4 Å². The summed E-state index contributed by atoms with van der Waals surface area (Å²) in [6.45, 7) is 4.30. The lowest BCUT2D eigenvalue weighted by Gasteiger charge is -2.18. The molecule has 1 aliphatic carbocycles. The molecule has 5 aromatic rings. The number of nitrogens with one attached hydrogen (secondary N) is 1. The highest BCUT2D eigenvalue weighted by molar-refractivity contribution is 7.99. The van der Waals surface area contributed by atoms with Gasteiger partial charge in [-0.2, -0.15) is 0 Å². The van der Waals surface area contributed by atoms with Crippen LogP contribution in [0.3, 0.4) is 0 Å². The van der Waals surface area contributed by atoms with Gasteiger partial charge in [0.15, 0.2) is 11.0 Å². The molecule has 3 aromatic heterocycles. The highest BCUT2D eigenvalue weighted by atomic mass is 32.2. The van der Waals surface area contributed by atoms with Crippen molar-refractivity contribution >= 4 is 50.9 Å². The molecule has 0 aliphatic heterocycles. The van der Waals surface area contributed by atoms with Gasteiger partial charge in [-0.1, -0.05) is 67.2 Å². The fourth-order valence-corrected chi connectivity index (χ4v) is 7.47. The topological polar surface area (TPSA) is 99.0 Å². The number of anilines is 1. The van der Waals surface area contributed by atoms with Crippen molar-refractivity contribution in [1.29, 1.82) is 0 Å². The lowest BCUT2D eigenvalue weighted by atomic mass is 9.88. The van der Waals surface area contributed by atoms with E-state index in [9.17, 15) is 9.59 Å². The molecule has 1 unspecified atom stereocenters. The Morgan fingerprint density at radius 2 is 1.90 bits per heavy atom. The van der Waals surface area contributed by atoms with Crippen LogP contribution in [-0.4, -0.2) is 44.0 Å². The molecule has 0 radical (unpaired) electrons. The van der Waals surface area contributed by atoms with Crippen LogP contribution in [0, 0.1) is 5.92 Å². The van der Waals surface area contributed by atoms with Crippen LogP contribution in [0.25, 0.3) is 33.5 Å². The van der Waals surface area contributed by atoms with Crippen molar-refractivity contribution in [1.82, 2.24) is 19.7 Å². The number of para-hydroxylation sites is 1. The zero-order valence-electron chi connectivity index (χ0n) is 23.7. The Bertz CT molecular complexity index is 1780. The van der Waals surface area contributed by atoms with E-state index in [4.69, 9.17) is 9.72 Å². The Morgan fingerprint density at radius 1 is 1.12 bits per heavy atom. The second kappa shape index (κ2) is 12.1. The summed E-state index contributed by atoms with van der Waals surface area (Å²) in [5, 5.41) is 14.1. The summed E-state index contributed by atoms with van der Waals surface area (Å²) in [7, 11) is 1.90. The van der Waals surface area contributed by atoms with Gasteiger partial charge >= 0.3 is 5.97 Å². The molecule has 1 atom stereocenters. The molecule has 0 saturated heterocycles. The summed E-state index contributed by atoms with van der Waals surface area (Å²) in [6.07, 6.45) is 2.76. The second-order valence-electron chi connectivity index (χ2n) is 10.4. The summed E-state index contributed by atoms with van der Waals surface area (Å²) in [5.41, 5.74) is 5.20. The SMILES string of the molecule is CCOC(=O)c1c(NC(=O)CSc2nnc(-c3cc(-c4ccccc4)nc4ccccc34)n2C)sc2c1CCC(C)C2. The largest absolute Gasteiger partial charge is 0.462 e. The molecule has 1 N–H and O–H groups in total. The first-order valence-electron chi connectivity index (χ1n) is 14.0. The molecule has 1 amide bonds. The van der Waals surface area contributed by atoms with Gasteiger partial charge in [-0.15, -0.1) is 21.5 Å². The third-order valence-corrected chi connectivity index (χ3v) is 9.63. The number of thioether (sulfide) groups is 1. The van der Waals surface area contributed by atoms with Gasteiger partial charge in [-0.05, 0) is 49.8 Å². The molecule has 10 heteroatoms. The maximum absolute atomic E-state index is 13.1. The predicted molar refractivity (Wildman–Crippen MR) is 168 cm³/mol. The molecule has 0 saturated carbocycles. The Morgan fingerprint density at radius 3 is 2.71 bits per heavy atom. The second-order valence-corrected chi connectivity index (χ2v) is 12.5. The molecule has 1 aliphatic rings. The van der Waals surface area contributed by atoms with Crippen LogP contribution in [0.15, 0.2) is 65.8 Å². The van der Waals surface area contributed by atoms with Crippen LogP contribution in [-0.2, 0) is 29.4 Å². The van der Waals surface area contributed by atoms with E-state index in [-0.39, 0.29) is 24.2 Å². The smallest absolute Gasteiger partial charge is 0.341 e. The van der Waals surface area contributed by atoms with Crippen LogP contribution in [0.2, 0.25) is 0 Å². The number of carbonyl (C=O) groups is 2. The number of fused-ring (bicyclic) bond motifs is 2. The molecule has 6 rings (SSSR count).